The third-order valence-electron chi connectivity index (χ3n) is 5.54. The van der Waals surface area contributed by atoms with E-state index in [1.165, 1.54) is 146 Å². The summed E-state index contributed by atoms with van der Waals surface area (Å²) in [5.74, 6) is 0. The quantitative estimate of drug-likeness (QED) is 0.0595. The normalized spacial score (nSPS) is 11.1. The number of alkyl halides is 1. The lowest BCUT2D eigenvalue weighted by molar-refractivity contribution is 0.521. The van der Waals surface area contributed by atoms with Crippen LogP contribution in [0.15, 0.2) is 12.7 Å². The summed E-state index contributed by atoms with van der Waals surface area (Å²) in [6, 6.07) is 0. The molecule has 0 fully saturated rings. The monoisotopic (exact) mass is 476 g/mol. The molecular formula is C25H49I. The molecule has 0 unspecified atom stereocenters. The Morgan fingerprint density at radius 3 is 0.846 bits per heavy atom. The molecule has 0 atom stereocenters. The molecule has 0 spiro atoms. The van der Waals surface area contributed by atoms with Crippen LogP contribution in [0.5, 0.6) is 0 Å². The second-order valence-corrected chi connectivity index (χ2v) is 9.27. The molecule has 0 aliphatic rings. The van der Waals surface area contributed by atoms with Crippen molar-refractivity contribution in [2.75, 3.05) is 4.43 Å². The van der Waals surface area contributed by atoms with Gasteiger partial charge < -0.3 is 0 Å². The molecular weight excluding hydrogens is 427 g/mol. The number of unbranched alkanes of at least 4 members (excludes halogenated alkanes) is 21. The lowest BCUT2D eigenvalue weighted by Crippen LogP contribution is -1.84. The maximum Gasteiger partial charge on any atom is -0.000473 e. The van der Waals surface area contributed by atoms with E-state index in [2.05, 4.69) is 35.2 Å². The third-order valence-corrected chi connectivity index (χ3v) is 6.30. The first kappa shape index (κ1) is 26.5. The molecule has 1 heteroatoms. The summed E-state index contributed by atoms with van der Waals surface area (Å²) in [4.78, 5) is 0. The van der Waals surface area contributed by atoms with Gasteiger partial charge in [0.15, 0.2) is 0 Å². The van der Waals surface area contributed by atoms with Gasteiger partial charge in [-0.15, -0.1) is 6.58 Å². The van der Waals surface area contributed by atoms with Crippen LogP contribution in [-0.2, 0) is 0 Å². The number of halogens is 1. The van der Waals surface area contributed by atoms with Gasteiger partial charge in [-0.05, 0) is 23.7 Å². The van der Waals surface area contributed by atoms with E-state index in [1.807, 2.05) is 0 Å². The number of rotatable bonds is 23. The van der Waals surface area contributed by atoms with Crippen LogP contribution in [0.3, 0.4) is 0 Å². The SMILES string of the molecule is C=CCCCCCCCCCCCCCCCCCCCCCCCI. The van der Waals surface area contributed by atoms with Crippen LogP contribution in [-0.4, -0.2) is 4.43 Å². The second-order valence-electron chi connectivity index (χ2n) is 8.19. The van der Waals surface area contributed by atoms with Crippen LogP contribution < -0.4 is 0 Å². The van der Waals surface area contributed by atoms with Gasteiger partial charge >= 0.3 is 0 Å². The molecule has 0 aromatic heterocycles. The summed E-state index contributed by atoms with van der Waals surface area (Å²) >= 11 is 2.49. The van der Waals surface area contributed by atoms with Crippen LogP contribution in [0, 0.1) is 0 Å². The maximum absolute atomic E-state index is 3.78. The largest absolute Gasteiger partial charge is 0.103 e. The Balaban J connectivity index is 2.96. The molecule has 0 rings (SSSR count). The smallest absolute Gasteiger partial charge is 0.000473 e. The standard InChI is InChI=1S/C25H49I/c1-2-3-4-5-6-7-8-9-10-11-12-13-14-15-16-17-18-19-20-21-22-23-24-25-26/h2H,1,3-25H2. The van der Waals surface area contributed by atoms with Crippen molar-refractivity contribution in [3.8, 4) is 0 Å². The summed E-state index contributed by atoms with van der Waals surface area (Å²) in [6.45, 7) is 3.78. The van der Waals surface area contributed by atoms with Crippen LogP contribution in [0.25, 0.3) is 0 Å². The van der Waals surface area contributed by atoms with Crippen molar-refractivity contribution in [3.05, 3.63) is 12.7 Å². The molecule has 0 N–H and O–H groups in total. The van der Waals surface area contributed by atoms with Gasteiger partial charge in [0.25, 0.3) is 0 Å². The predicted octanol–water partition coefficient (Wildman–Crippen LogP) is 10.2. The van der Waals surface area contributed by atoms with E-state index in [4.69, 9.17) is 0 Å². The van der Waals surface area contributed by atoms with Crippen LogP contribution >= 0.6 is 22.6 Å². The summed E-state index contributed by atoms with van der Waals surface area (Å²) in [6.07, 6.45) is 34.0. The van der Waals surface area contributed by atoms with Crippen molar-refractivity contribution in [1.82, 2.24) is 0 Å². The van der Waals surface area contributed by atoms with Crippen molar-refractivity contribution < 1.29 is 0 Å². The molecule has 0 saturated heterocycles. The first-order valence-electron chi connectivity index (χ1n) is 12.1. The Hall–Kier alpha value is 0.470. The highest BCUT2D eigenvalue weighted by Gasteiger charge is 1.95. The number of hydrogen-bond acceptors (Lipinski definition) is 0. The highest BCUT2D eigenvalue weighted by atomic mass is 127. The highest BCUT2D eigenvalue weighted by Crippen LogP contribution is 2.15. The van der Waals surface area contributed by atoms with E-state index in [0.717, 1.165) is 0 Å². The molecule has 0 heterocycles. The van der Waals surface area contributed by atoms with Gasteiger partial charge in [0.05, 0.1) is 0 Å². The lowest BCUT2D eigenvalue weighted by atomic mass is 10.0. The minimum absolute atomic E-state index is 1.21. The van der Waals surface area contributed by atoms with Gasteiger partial charge in [0.1, 0.15) is 0 Å². The summed E-state index contributed by atoms with van der Waals surface area (Å²) in [7, 11) is 0. The molecule has 0 radical (unpaired) electrons. The fourth-order valence-corrected chi connectivity index (χ4v) is 4.28. The zero-order valence-electron chi connectivity index (χ0n) is 17.9. The van der Waals surface area contributed by atoms with E-state index in [1.54, 1.807) is 0 Å². The molecule has 0 amide bonds. The molecule has 156 valence electrons. The molecule has 0 aromatic carbocycles. The lowest BCUT2D eigenvalue weighted by Gasteiger charge is -2.04. The predicted molar refractivity (Wildman–Crippen MR) is 131 cm³/mol. The molecule has 0 bridgehead atoms. The Morgan fingerprint density at radius 2 is 0.615 bits per heavy atom. The Morgan fingerprint density at radius 1 is 0.385 bits per heavy atom. The first-order chi connectivity index (χ1) is 12.9. The molecule has 0 aliphatic carbocycles. The Kier molecular flexibility index (Phi) is 25.9. The molecule has 0 saturated carbocycles. The molecule has 0 aliphatic heterocycles. The molecule has 0 nitrogen and oxygen atoms in total. The average Bonchev–Trinajstić information content (AvgIpc) is 2.66. The van der Waals surface area contributed by atoms with Crippen LogP contribution in [0.1, 0.15) is 141 Å². The fourth-order valence-electron chi connectivity index (χ4n) is 3.74. The maximum atomic E-state index is 3.78. The van der Waals surface area contributed by atoms with Gasteiger partial charge in [0.2, 0.25) is 0 Å². The van der Waals surface area contributed by atoms with Crippen LogP contribution in [0.4, 0.5) is 0 Å². The zero-order valence-corrected chi connectivity index (χ0v) is 20.1. The first-order valence-corrected chi connectivity index (χ1v) is 13.6. The Labute approximate surface area is 180 Å². The third kappa shape index (κ3) is 24.5. The summed E-state index contributed by atoms with van der Waals surface area (Å²) in [5.41, 5.74) is 0. The highest BCUT2D eigenvalue weighted by molar-refractivity contribution is 14.1. The van der Waals surface area contributed by atoms with Crippen molar-refractivity contribution in [1.29, 1.82) is 0 Å². The van der Waals surface area contributed by atoms with Crippen LogP contribution in [0.2, 0.25) is 0 Å². The van der Waals surface area contributed by atoms with E-state index in [0.29, 0.717) is 0 Å². The van der Waals surface area contributed by atoms with Crippen molar-refractivity contribution in [3.63, 3.8) is 0 Å². The molecule has 0 aromatic rings. The Bertz CT molecular complexity index is 249. The molecule has 26 heavy (non-hydrogen) atoms. The zero-order chi connectivity index (χ0) is 19.0. The summed E-state index contributed by atoms with van der Waals surface area (Å²) in [5, 5.41) is 0. The second kappa shape index (κ2) is 25.5. The van der Waals surface area contributed by atoms with Crippen molar-refractivity contribution in [2.45, 2.75) is 141 Å². The van der Waals surface area contributed by atoms with Gasteiger partial charge in [0, 0.05) is 0 Å². The van der Waals surface area contributed by atoms with Crippen molar-refractivity contribution in [2.24, 2.45) is 0 Å². The van der Waals surface area contributed by atoms with Gasteiger partial charge in [-0.25, -0.2) is 0 Å². The summed E-state index contributed by atoms with van der Waals surface area (Å²) < 4.78 is 1.34. The number of hydrogen-bond donors (Lipinski definition) is 0. The van der Waals surface area contributed by atoms with E-state index < -0.39 is 0 Å². The minimum atomic E-state index is 1.21. The average molecular weight is 477 g/mol. The number of allylic oxidation sites excluding steroid dienone is 1. The minimum Gasteiger partial charge on any atom is -0.103 e. The van der Waals surface area contributed by atoms with Gasteiger partial charge in [-0.3, -0.25) is 0 Å². The van der Waals surface area contributed by atoms with E-state index in [-0.39, 0.29) is 0 Å². The topological polar surface area (TPSA) is 0 Å². The van der Waals surface area contributed by atoms with E-state index >= 15 is 0 Å². The van der Waals surface area contributed by atoms with Gasteiger partial charge in [-0.1, -0.05) is 151 Å². The van der Waals surface area contributed by atoms with Crippen molar-refractivity contribution >= 4 is 22.6 Å². The van der Waals surface area contributed by atoms with E-state index in [9.17, 15) is 0 Å². The fraction of sp³-hybridized carbons (Fsp3) is 0.920. The van der Waals surface area contributed by atoms with Gasteiger partial charge in [-0.2, -0.15) is 0 Å².